The molecule has 0 saturated heterocycles. The summed E-state index contributed by atoms with van der Waals surface area (Å²) in [7, 11) is 0. The van der Waals surface area contributed by atoms with E-state index in [2.05, 4.69) is 39.6 Å². The van der Waals surface area contributed by atoms with Gasteiger partial charge in [-0.2, -0.15) is 4.98 Å². The molecule has 1 aromatic heterocycles. The van der Waals surface area contributed by atoms with Crippen molar-refractivity contribution < 1.29 is 9.26 Å². The first-order valence-electron chi connectivity index (χ1n) is 7.51. The second kappa shape index (κ2) is 10.1. The monoisotopic (exact) mass is 297 g/mol. The fourth-order valence-electron chi connectivity index (χ4n) is 1.60. The molecule has 7 nitrogen and oxygen atoms in total. The molecule has 0 aliphatic carbocycles. The van der Waals surface area contributed by atoms with E-state index in [4.69, 9.17) is 9.26 Å². The summed E-state index contributed by atoms with van der Waals surface area (Å²) in [4.78, 5) is 8.53. The van der Waals surface area contributed by atoms with Gasteiger partial charge in [-0.05, 0) is 19.3 Å². The molecule has 0 aromatic carbocycles. The van der Waals surface area contributed by atoms with Crippen molar-refractivity contribution in [3.8, 4) is 0 Å². The lowest BCUT2D eigenvalue weighted by Gasteiger charge is -2.11. The quantitative estimate of drug-likeness (QED) is 0.408. The number of rotatable bonds is 9. The van der Waals surface area contributed by atoms with E-state index in [-0.39, 0.29) is 0 Å². The molecule has 0 aliphatic heterocycles. The number of nitrogens with zero attached hydrogens (tertiary/aromatic N) is 3. The van der Waals surface area contributed by atoms with Crippen LogP contribution < -0.4 is 10.6 Å². The van der Waals surface area contributed by atoms with Crippen LogP contribution in [0.25, 0.3) is 0 Å². The van der Waals surface area contributed by atoms with Crippen LogP contribution in [0.5, 0.6) is 0 Å². The van der Waals surface area contributed by atoms with Gasteiger partial charge < -0.3 is 19.9 Å². The smallest absolute Gasteiger partial charge is 0.223 e. The van der Waals surface area contributed by atoms with Crippen LogP contribution in [0.1, 0.15) is 38.9 Å². The van der Waals surface area contributed by atoms with E-state index >= 15 is 0 Å². The third-order valence-electron chi connectivity index (χ3n) is 2.50. The van der Waals surface area contributed by atoms with Crippen LogP contribution in [0.15, 0.2) is 9.52 Å². The zero-order valence-corrected chi connectivity index (χ0v) is 13.5. The number of ether oxygens (including phenoxy) is 1. The van der Waals surface area contributed by atoms with Crippen molar-refractivity contribution in [2.24, 2.45) is 10.9 Å². The van der Waals surface area contributed by atoms with Crippen LogP contribution in [0.4, 0.5) is 0 Å². The maximum Gasteiger partial charge on any atom is 0.223 e. The van der Waals surface area contributed by atoms with Gasteiger partial charge in [0.25, 0.3) is 0 Å². The van der Waals surface area contributed by atoms with Crippen molar-refractivity contribution in [2.75, 3.05) is 26.3 Å². The molecule has 2 N–H and O–H groups in total. The van der Waals surface area contributed by atoms with Crippen LogP contribution in [-0.4, -0.2) is 42.4 Å². The lowest BCUT2D eigenvalue weighted by Crippen LogP contribution is -2.38. The minimum absolute atomic E-state index is 0.399. The number of hydrogen-bond acceptors (Lipinski definition) is 5. The molecule has 0 unspecified atom stereocenters. The van der Waals surface area contributed by atoms with E-state index in [1.807, 2.05) is 6.92 Å². The zero-order valence-electron chi connectivity index (χ0n) is 13.5. The average molecular weight is 297 g/mol. The Morgan fingerprint density at radius 1 is 1.38 bits per heavy atom. The van der Waals surface area contributed by atoms with Gasteiger partial charge in [0.1, 0.15) is 6.54 Å². The molecular weight excluding hydrogens is 270 g/mol. The third-order valence-corrected chi connectivity index (χ3v) is 2.50. The van der Waals surface area contributed by atoms with Gasteiger partial charge in [0, 0.05) is 33.2 Å². The van der Waals surface area contributed by atoms with Gasteiger partial charge in [-0.1, -0.05) is 19.0 Å². The molecule has 0 spiro atoms. The van der Waals surface area contributed by atoms with Crippen LogP contribution in [0.3, 0.4) is 0 Å². The maximum atomic E-state index is 5.54. The molecule has 1 heterocycles. The van der Waals surface area contributed by atoms with Crippen LogP contribution in [0, 0.1) is 12.8 Å². The molecule has 7 heteroatoms. The predicted molar refractivity (Wildman–Crippen MR) is 82.1 cm³/mol. The fraction of sp³-hybridized carbons (Fsp3) is 0.786. The van der Waals surface area contributed by atoms with E-state index in [1.54, 1.807) is 6.92 Å². The highest BCUT2D eigenvalue weighted by Crippen LogP contribution is 1.96. The molecule has 0 fully saturated rings. The molecule has 0 radical (unpaired) electrons. The van der Waals surface area contributed by atoms with E-state index in [0.717, 1.165) is 38.7 Å². The minimum Gasteiger partial charge on any atom is -0.381 e. The van der Waals surface area contributed by atoms with Crippen LogP contribution in [0.2, 0.25) is 0 Å². The molecule has 21 heavy (non-hydrogen) atoms. The summed E-state index contributed by atoms with van der Waals surface area (Å²) in [6.07, 6.45) is 0.943. The molecule has 120 valence electrons. The lowest BCUT2D eigenvalue weighted by atomic mass is 10.2. The summed E-state index contributed by atoms with van der Waals surface area (Å²) < 4.78 is 10.4. The Morgan fingerprint density at radius 3 is 2.81 bits per heavy atom. The largest absolute Gasteiger partial charge is 0.381 e. The van der Waals surface area contributed by atoms with Gasteiger partial charge in [0.2, 0.25) is 5.89 Å². The first kappa shape index (κ1) is 17.4. The van der Waals surface area contributed by atoms with Gasteiger partial charge in [-0.15, -0.1) is 0 Å². The van der Waals surface area contributed by atoms with E-state index in [9.17, 15) is 0 Å². The summed E-state index contributed by atoms with van der Waals surface area (Å²) in [6.45, 7) is 11.7. The molecular formula is C14H27N5O2. The number of nitrogens with one attached hydrogen (secondary N) is 2. The molecule has 0 aliphatic rings. The maximum absolute atomic E-state index is 5.54. The fourth-order valence-corrected chi connectivity index (χ4v) is 1.60. The minimum atomic E-state index is 0.399. The summed E-state index contributed by atoms with van der Waals surface area (Å²) in [5.41, 5.74) is 0. The van der Waals surface area contributed by atoms with Gasteiger partial charge in [0.05, 0.1) is 0 Å². The Balaban J connectivity index is 2.25. The molecule has 0 atom stereocenters. The Kier molecular flexibility index (Phi) is 8.42. The van der Waals surface area contributed by atoms with E-state index < -0.39 is 0 Å². The van der Waals surface area contributed by atoms with E-state index in [0.29, 0.717) is 24.2 Å². The standard InChI is InChI=1S/C14H27N5O2/c1-5-15-14(16-7-6-8-20-10-11(2)3)17-9-13-18-12(4)21-19-13/h11H,5-10H2,1-4H3,(H2,15,16,17). The first-order valence-corrected chi connectivity index (χ1v) is 7.51. The highest BCUT2D eigenvalue weighted by molar-refractivity contribution is 5.79. The SMILES string of the molecule is CCNC(=NCc1noc(C)n1)NCCCOCC(C)C. The second-order valence-electron chi connectivity index (χ2n) is 5.17. The van der Waals surface area contributed by atoms with Crippen molar-refractivity contribution >= 4 is 5.96 Å². The second-order valence-corrected chi connectivity index (χ2v) is 5.17. The molecule has 0 saturated carbocycles. The predicted octanol–water partition coefficient (Wildman–Crippen LogP) is 1.50. The Labute approximate surface area is 126 Å². The topological polar surface area (TPSA) is 84.6 Å². The van der Waals surface area contributed by atoms with Crippen molar-refractivity contribution in [1.82, 2.24) is 20.8 Å². The van der Waals surface area contributed by atoms with Crippen molar-refractivity contribution in [1.29, 1.82) is 0 Å². The number of hydrogen-bond donors (Lipinski definition) is 2. The normalized spacial score (nSPS) is 12.0. The molecule has 0 amide bonds. The third kappa shape index (κ3) is 8.29. The number of aromatic nitrogens is 2. The Morgan fingerprint density at radius 2 is 2.19 bits per heavy atom. The highest BCUT2D eigenvalue weighted by atomic mass is 16.5. The summed E-state index contributed by atoms with van der Waals surface area (Å²) in [5, 5.41) is 10.3. The van der Waals surface area contributed by atoms with Crippen LogP contribution in [-0.2, 0) is 11.3 Å². The van der Waals surface area contributed by atoms with Crippen molar-refractivity contribution in [3.63, 3.8) is 0 Å². The highest BCUT2D eigenvalue weighted by Gasteiger charge is 2.02. The first-order chi connectivity index (χ1) is 10.1. The van der Waals surface area contributed by atoms with Crippen molar-refractivity contribution in [2.45, 2.75) is 40.7 Å². The summed E-state index contributed by atoms with van der Waals surface area (Å²) in [6, 6.07) is 0. The Bertz CT molecular complexity index is 417. The van der Waals surface area contributed by atoms with Gasteiger partial charge in [0.15, 0.2) is 11.8 Å². The van der Waals surface area contributed by atoms with Gasteiger partial charge in [-0.25, -0.2) is 4.99 Å². The average Bonchev–Trinajstić information content (AvgIpc) is 2.85. The van der Waals surface area contributed by atoms with Gasteiger partial charge >= 0.3 is 0 Å². The number of aryl methyl sites for hydroxylation is 1. The Hall–Kier alpha value is -1.63. The number of guanidine groups is 1. The van der Waals surface area contributed by atoms with E-state index in [1.165, 1.54) is 0 Å². The lowest BCUT2D eigenvalue weighted by molar-refractivity contribution is 0.108. The van der Waals surface area contributed by atoms with Gasteiger partial charge in [-0.3, -0.25) is 0 Å². The molecule has 0 bridgehead atoms. The van der Waals surface area contributed by atoms with Crippen molar-refractivity contribution in [3.05, 3.63) is 11.7 Å². The summed E-state index contributed by atoms with van der Waals surface area (Å²) in [5.74, 6) is 2.48. The summed E-state index contributed by atoms with van der Waals surface area (Å²) >= 11 is 0. The molecule has 1 rings (SSSR count). The number of aliphatic imine (C=N–C) groups is 1. The zero-order chi connectivity index (χ0) is 15.5. The molecule has 1 aromatic rings. The van der Waals surface area contributed by atoms with Crippen LogP contribution >= 0.6 is 0 Å².